The smallest absolute Gasteiger partial charge is 0.255 e. The lowest BCUT2D eigenvalue weighted by molar-refractivity contribution is -0.146. The van der Waals surface area contributed by atoms with Gasteiger partial charge in [-0.05, 0) is 51.3 Å². The average Bonchev–Trinajstić information content (AvgIpc) is 3.62. The van der Waals surface area contributed by atoms with Gasteiger partial charge in [0.15, 0.2) is 6.61 Å². The molecule has 11 heteroatoms. The number of hydrogen-bond acceptors (Lipinski definition) is 8. The molecule has 0 radical (unpaired) electrons. The minimum Gasteiger partial charge on any atom is -0.485 e. The molecular weight excluding hydrogens is 536 g/mol. The van der Waals surface area contributed by atoms with E-state index in [0.29, 0.717) is 55.5 Å². The van der Waals surface area contributed by atoms with E-state index in [1.165, 1.54) is 0 Å². The minimum absolute atomic E-state index is 0.00486. The summed E-state index contributed by atoms with van der Waals surface area (Å²) in [5.41, 5.74) is 0.0159. The highest BCUT2D eigenvalue weighted by molar-refractivity contribution is 6.00. The Bertz CT molecular complexity index is 1250. The van der Waals surface area contributed by atoms with Crippen LogP contribution in [-0.4, -0.2) is 93.9 Å². The average molecular weight is 583 g/mol. The number of rotatable bonds is 9. The zero-order valence-electron chi connectivity index (χ0n) is 26.1. The lowest BCUT2D eigenvalue weighted by Gasteiger charge is -2.40. The van der Waals surface area contributed by atoms with Crippen LogP contribution in [0.1, 0.15) is 82.9 Å². The first-order valence-electron chi connectivity index (χ1n) is 15.0. The minimum atomic E-state index is -0.767. The fourth-order valence-electron chi connectivity index (χ4n) is 5.42. The van der Waals surface area contributed by atoms with E-state index in [4.69, 9.17) is 9.26 Å². The van der Waals surface area contributed by atoms with Crippen LogP contribution in [0.3, 0.4) is 0 Å². The van der Waals surface area contributed by atoms with E-state index in [9.17, 15) is 14.4 Å². The van der Waals surface area contributed by atoms with Crippen molar-refractivity contribution in [2.45, 2.75) is 91.0 Å². The Morgan fingerprint density at radius 2 is 1.88 bits per heavy atom. The largest absolute Gasteiger partial charge is 0.485 e. The molecule has 0 bridgehead atoms. The molecule has 11 nitrogen and oxygen atoms in total. The van der Waals surface area contributed by atoms with Gasteiger partial charge in [0.1, 0.15) is 17.8 Å². The summed E-state index contributed by atoms with van der Waals surface area (Å²) >= 11 is 0. The zero-order valence-corrected chi connectivity index (χ0v) is 26.1. The van der Waals surface area contributed by atoms with Crippen molar-refractivity contribution in [2.24, 2.45) is 5.92 Å². The maximum Gasteiger partial charge on any atom is 0.255 e. The number of aromatic nitrogens is 2. The van der Waals surface area contributed by atoms with Crippen LogP contribution in [-0.2, 0) is 21.6 Å². The molecule has 0 aliphatic carbocycles. The first-order chi connectivity index (χ1) is 19.8. The Morgan fingerprint density at radius 1 is 1.14 bits per heavy atom. The quantitative estimate of drug-likeness (QED) is 0.479. The molecule has 3 heterocycles. The summed E-state index contributed by atoms with van der Waals surface area (Å²) in [7, 11) is 2.06. The van der Waals surface area contributed by atoms with Gasteiger partial charge in [0.05, 0.1) is 5.56 Å². The number of amides is 3. The lowest BCUT2D eigenvalue weighted by atomic mass is 9.97. The fourth-order valence-corrected chi connectivity index (χ4v) is 5.42. The highest BCUT2D eigenvalue weighted by atomic mass is 16.5. The van der Waals surface area contributed by atoms with Crippen molar-refractivity contribution in [3.63, 3.8) is 0 Å². The molecule has 0 spiro atoms. The van der Waals surface area contributed by atoms with Gasteiger partial charge in [-0.3, -0.25) is 14.4 Å². The van der Waals surface area contributed by atoms with Crippen molar-refractivity contribution >= 4 is 17.7 Å². The van der Waals surface area contributed by atoms with Gasteiger partial charge >= 0.3 is 0 Å². The molecule has 2 aliphatic rings. The molecule has 4 rings (SSSR count). The van der Waals surface area contributed by atoms with Gasteiger partial charge in [0, 0.05) is 37.6 Å². The molecule has 3 atom stereocenters. The topological polar surface area (TPSA) is 121 Å². The number of likely N-dealkylation sites (N-methyl/N-ethyl adjacent to an activating group) is 1. The first-order valence-corrected chi connectivity index (χ1v) is 15.0. The third kappa shape index (κ3) is 7.48. The number of nitrogens with one attached hydrogen (secondary N) is 1. The zero-order chi connectivity index (χ0) is 30.6. The van der Waals surface area contributed by atoms with Crippen LogP contribution < -0.4 is 10.1 Å². The summed E-state index contributed by atoms with van der Waals surface area (Å²) in [6.45, 7) is 14.7. The Kier molecular flexibility index (Phi) is 9.91. The number of benzene rings is 1. The molecule has 2 aliphatic heterocycles. The maximum absolute atomic E-state index is 13.9. The van der Waals surface area contributed by atoms with Crippen LogP contribution in [0.4, 0.5) is 0 Å². The maximum atomic E-state index is 13.9. The number of nitrogens with zero attached hydrogens (tertiary/aromatic N) is 5. The van der Waals surface area contributed by atoms with Crippen LogP contribution in [0.25, 0.3) is 0 Å². The van der Waals surface area contributed by atoms with E-state index in [2.05, 4.69) is 34.3 Å². The number of piperazine rings is 1. The molecule has 2 aromatic rings. The van der Waals surface area contributed by atoms with Crippen LogP contribution >= 0.6 is 0 Å². The van der Waals surface area contributed by atoms with Gasteiger partial charge in [0.25, 0.3) is 5.91 Å². The standard InChI is InChI=1S/C31H46N6O5/c1-20(2)17-23(28(39)37-14-10-12-24(37)29(40)36-16-15-35(7)21(3)18-36)32-27(38)22-11-8-9-13-25(22)41-19-26-33-30(42-34-26)31(4,5)6/h8-9,11,13,20-21,23-24H,10,12,14-19H2,1-7H3,(H,32,38)/t21-,23+,24+/m0/s1. The van der Waals surface area contributed by atoms with Crippen LogP contribution in [0, 0.1) is 5.92 Å². The van der Waals surface area contributed by atoms with E-state index in [1.54, 1.807) is 29.2 Å². The van der Waals surface area contributed by atoms with E-state index >= 15 is 0 Å². The lowest BCUT2D eigenvalue weighted by Crippen LogP contribution is -2.58. The highest BCUT2D eigenvalue weighted by Crippen LogP contribution is 2.25. The fraction of sp³-hybridized carbons (Fsp3) is 0.645. The van der Waals surface area contributed by atoms with Crippen molar-refractivity contribution in [3.05, 3.63) is 41.5 Å². The highest BCUT2D eigenvalue weighted by Gasteiger charge is 2.40. The van der Waals surface area contributed by atoms with Crippen molar-refractivity contribution in [3.8, 4) is 5.75 Å². The number of carbonyl (C=O) groups is 3. The summed E-state index contributed by atoms with van der Waals surface area (Å²) in [6, 6.07) is 5.89. The van der Waals surface area contributed by atoms with Crippen molar-refractivity contribution in [2.75, 3.05) is 33.2 Å². The number of likely N-dealkylation sites (tertiary alicyclic amines) is 1. The summed E-state index contributed by atoms with van der Waals surface area (Å²) < 4.78 is 11.3. The predicted molar refractivity (Wildman–Crippen MR) is 158 cm³/mol. The van der Waals surface area contributed by atoms with Crippen LogP contribution in [0.15, 0.2) is 28.8 Å². The van der Waals surface area contributed by atoms with Gasteiger partial charge in [-0.1, -0.05) is 51.9 Å². The number of ether oxygens (including phenoxy) is 1. The molecule has 2 fully saturated rings. The molecule has 1 aromatic heterocycles. The second kappa shape index (κ2) is 13.2. The summed E-state index contributed by atoms with van der Waals surface area (Å²) in [4.78, 5) is 51.2. The van der Waals surface area contributed by atoms with Gasteiger partial charge in [-0.15, -0.1) is 0 Å². The van der Waals surface area contributed by atoms with Crippen LogP contribution in [0.5, 0.6) is 5.75 Å². The normalized spacial score (nSPS) is 20.6. The molecule has 230 valence electrons. The third-order valence-corrected chi connectivity index (χ3v) is 8.00. The summed E-state index contributed by atoms with van der Waals surface area (Å²) in [6.07, 6.45) is 1.85. The first kappa shape index (κ1) is 31.5. The summed E-state index contributed by atoms with van der Waals surface area (Å²) in [5, 5.41) is 6.95. The van der Waals surface area contributed by atoms with E-state index in [0.717, 1.165) is 13.0 Å². The van der Waals surface area contributed by atoms with Gasteiger partial charge < -0.3 is 29.3 Å². The molecule has 0 saturated carbocycles. The SMILES string of the molecule is CC(C)C[C@@H](NC(=O)c1ccccc1OCc1noc(C(C)(C)C)n1)C(=O)N1CCC[C@@H]1C(=O)N1CCN(C)[C@@H](C)C1. The molecule has 2 saturated heterocycles. The second-order valence-corrected chi connectivity index (χ2v) is 13.0. The number of carbonyl (C=O) groups excluding carboxylic acids is 3. The number of para-hydroxylation sites is 1. The Labute approximate surface area is 248 Å². The van der Waals surface area contributed by atoms with Gasteiger partial charge in [-0.2, -0.15) is 4.98 Å². The molecule has 0 unspecified atom stereocenters. The molecule has 1 aromatic carbocycles. The molecule has 3 amide bonds. The molecular formula is C31H46N6O5. The van der Waals surface area contributed by atoms with Crippen molar-refractivity contribution < 1.29 is 23.6 Å². The second-order valence-electron chi connectivity index (χ2n) is 13.0. The van der Waals surface area contributed by atoms with E-state index in [-0.39, 0.29) is 35.8 Å². The van der Waals surface area contributed by atoms with E-state index in [1.807, 2.05) is 39.5 Å². The van der Waals surface area contributed by atoms with Gasteiger partial charge in [-0.25, -0.2) is 0 Å². The van der Waals surface area contributed by atoms with E-state index < -0.39 is 18.0 Å². The van der Waals surface area contributed by atoms with Crippen LogP contribution in [0.2, 0.25) is 0 Å². The monoisotopic (exact) mass is 582 g/mol. The molecule has 1 N–H and O–H groups in total. The summed E-state index contributed by atoms with van der Waals surface area (Å²) in [5.74, 6) is 0.760. The Morgan fingerprint density at radius 3 is 2.55 bits per heavy atom. The van der Waals surface area contributed by atoms with Crippen molar-refractivity contribution in [1.29, 1.82) is 0 Å². The third-order valence-electron chi connectivity index (χ3n) is 8.00. The molecule has 42 heavy (non-hydrogen) atoms. The Hall–Kier alpha value is -3.47. The number of hydrogen-bond donors (Lipinski definition) is 1. The Balaban J connectivity index is 1.46. The van der Waals surface area contributed by atoms with Crippen molar-refractivity contribution in [1.82, 2.24) is 30.2 Å². The van der Waals surface area contributed by atoms with Gasteiger partial charge in [0.2, 0.25) is 23.5 Å². The predicted octanol–water partition coefficient (Wildman–Crippen LogP) is 3.24.